The van der Waals surface area contributed by atoms with E-state index in [1.807, 2.05) is 55.1 Å². The fraction of sp³-hybridized carbons (Fsp3) is 0.310. The molecule has 0 spiro atoms. The molecule has 1 aromatic carbocycles. The van der Waals surface area contributed by atoms with Gasteiger partial charge in [0.2, 0.25) is 0 Å². The third-order valence-electron chi connectivity index (χ3n) is 6.86. The zero-order valence-electron chi connectivity index (χ0n) is 20.9. The van der Waals surface area contributed by atoms with Crippen molar-refractivity contribution in [1.82, 2.24) is 14.9 Å². The molecular weight excluding hydrogens is 468 g/mol. The van der Waals surface area contributed by atoms with Crippen molar-refractivity contribution in [2.75, 3.05) is 18.4 Å². The highest BCUT2D eigenvalue weighted by Crippen LogP contribution is 2.36. The number of piperidine rings is 1. The number of likely N-dealkylation sites (tertiary alicyclic amines) is 1. The number of nitrogens with zero attached hydrogens (tertiary/aromatic N) is 3. The fourth-order valence-corrected chi connectivity index (χ4v) is 6.10. The van der Waals surface area contributed by atoms with Crippen molar-refractivity contribution in [2.24, 2.45) is 0 Å². The highest BCUT2D eigenvalue weighted by molar-refractivity contribution is 7.16. The standard InChI is InChI=1S/C29H30N4O2S/c1-4-20-19(3)36-28(25(20)29(35)33-15-8-5-9-16-33)32-27(34)22-17-24(23-13-6-7-14-30-23)31-26-18(2)11-10-12-21(22)26/h6-7,10-14,17H,4-5,8-9,15-16H2,1-3H3,(H,32,34). The van der Waals surface area contributed by atoms with Crippen molar-refractivity contribution >= 4 is 39.1 Å². The molecule has 7 heteroatoms. The van der Waals surface area contributed by atoms with Gasteiger partial charge in [-0.2, -0.15) is 0 Å². The predicted octanol–water partition coefficient (Wildman–Crippen LogP) is 6.42. The van der Waals surface area contributed by atoms with Gasteiger partial charge in [0.1, 0.15) is 5.00 Å². The zero-order chi connectivity index (χ0) is 25.2. The van der Waals surface area contributed by atoms with Crippen molar-refractivity contribution in [2.45, 2.75) is 46.5 Å². The lowest BCUT2D eigenvalue weighted by atomic mass is 10.0. The monoisotopic (exact) mass is 498 g/mol. The van der Waals surface area contributed by atoms with Crippen LogP contribution in [0.1, 0.15) is 62.9 Å². The molecule has 6 nitrogen and oxygen atoms in total. The number of rotatable bonds is 5. The van der Waals surface area contributed by atoms with Gasteiger partial charge in [-0.3, -0.25) is 14.6 Å². The van der Waals surface area contributed by atoms with E-state index in [-0.39, 0.29) is 11.8 Å². The molecule has 3 aromatic heterocycles. The molecule has 2 amide bonds. The van der Waals surface area contributed by atoms with Crippen molar-refractivity contribution in [1.29, 1.82) is 0 Å². The number of pyridine rings is 2. The van der Waals surface area contributed by atoms with Crippen LogP contribution in [0.5, 0.6) is 0 Å². The van der Waals surface area contributed by atoms with E-state index < -0.39 is 0 Å². The molecule has 1 saturated heterocycles. The van der Waals surface area contributed by atoms with Gasteiger partial charge >= 0.3 is 0 Å². The lowest BCUT2D eigenvalue weighted by molar-refractivity contribution is 0.0724. The minimum absolute atomic E-state index is 0.0239. The molecule has 0 saturated carbocycles. The van der Waals surface area contributed by atoms with E-state index >= 15 is 0 Å². The van der Waals surface area contributed by atoms with Crippen molar-refractivity contribution in [3.63, 3.8) is 0 Å². The highest BCUT2D eigenvalue weighted by Gasteiger charge is 2.28. The van der Waals surface area contributed by atoms with E-state index in [2.05, 4.69) is 17.2 Å². The molecule has 0 atom stereocenters. The quantitative estimate of drug-likeness (QED) is 0.345. The third kappa shape index (κ3) is 4.51. The van der Waals surface area contributed by atoms with E-state index in [4.69, 9.17) is 4.98 Å². The molecule has 0 radical (unpaired) electrons. The summed E-state index contributed by atoms with van der Waals surface area (Å²) in [5.41, 5.74) is 5.30. The van der Waals surface area contributed by atoms with Gasteiger partial charge in [0.25, 0.3) is 11.8 Å². The van der Waals surface area contributed by atoms with Gasteiger partial charge in [0.15, 0.2) is 0 Å². The first-order chi connectivity index (χ1) is 17.5. The van der Waals surface area contributed by atoms with E-state index in [0.29, 0.717) is 27.5 Å². The number of benzene rings is 1. The second-order valence-corrected chi connectivity index (χ2v) is 10.5. The van der Waals surface area contributed by atoms with Crippen LogP contribution in [0.2, 0.25) is 0 Å². The van der Waals surface area contributed by atoms with Crippen molar-refractivity contribution in [3.8, 4) is 11.4 Å². The van der Waals surface area contributed by atoms with Gasteiger partial charge in [-0.1, -0.05) is 31.2 Å². The highest BCUT2D eigenvalue weighted by atomic mass is 32.1. The Morgan fingerprint density at radius 1 is 1.03 bits per heavy atom. The summed E-state index contributed by atoms with van der Waals surface area (Å²) in [5, 5.41) is 4.52. The number of aromatic nitrogens is 2. The van der Waals surface area contributed by atoms with E-state index in [1.165, 1.54) is 11.3 Å². The van der Waals surface area contributed by atoms with Crippen LogP contribution in [0.25, 0.3) is 22.3 Å². The first kappa shape index (κ1) is 24.1. The van der Waals surface area contributed by atoms with Crippen LogP contribution in [-0.4, -0.2) is 39.8 Å². The Morgan fingerprint density at radius 2 is 1.83 bits per heavy atom. The van der Waals surface area contributed by atoms with Crippen LogP contribution in [0, 0.1) is 13.8 Å². The Bertz CT molecular complexity index is 1440. The molecular formula is C29H30N4O2S. The van der Waals surface area contributed by atoms with Crippen LogP contribution in [0.4, 0.5) is 5.00 Å². The number of nitrogens with one attached hydrogen (secondary N) is 1. The molecule has 0 bridgehead atoms. The summed E-state index contributed by atoms with van der Waals surface area (Å²) in [6, 6.07) is 13.3. The van der Waals surface area contributed by atoms with Gasteiger partial charge < -0.3 is 10.2 Å². The number of anilines is 1. The molecule has 1 fully saturated rings. The molecule has 184 valence electrons. The average Bonchev–Trinajstić information content (AvgIpc) is 3.23. The zero-order valence-corrected chi connectivity index (χ0v) is 21.7. The van der Waals surface area contributed by atoms with Gasteiger partial charge in [0, 0.05) is 29.5 Å². The van der Waals surface area contributed by atoms with Crippen LogP contribution >= 0.6 is 11.3 Å². The Labute approximate surface area is 215 Å². The molecule has 0 unspecified atom stereocenters. The number of fused-ring (bicyclic) bond motifs is 1. The lowest BCUT2D eigenvalue weighted by Gasteiger charge is -2.27. The predicted molar refractivity (Wildman–Crippen MR) is 146 cm³/mol. The lowest BCUT2D eigenvalue weighted by Crippen LogP contribution is -2.36. The largest absolute Gasteiger partial charge is 0.339 e. The maximum absolute atomic E-state index is 13.8. The SMILES string of the molecule is CCc1c(C)sc(NC(=O)c2cc(-c3ccccn3)nc3c(C)cccc23)c1C(=O)N1CCCCC1. The summed E-state index contributed by atoms with van der Waals surface area (Å²) in [7, 11) is 0. The normalized spacial score (nSPS) is 13.7. The second-order valence-electron chi connectivity index (χ2n) is 9.24. The fourth-order valence-electron chi connectivity index (χ4n) is 4.97. The summed E-state index contributed by atoms with van der Waals surface area (Å²) in [5.74, 6) is -0.224. The van der Waals surface area contributed by atoms with Crippen LogP contribution in [-0.2, 0) is 6.42 Å². The molecule has 1 aliphatic rings. The summed E-state index contributed by atoms with van der Waals surface area (Å²) in [6.07, 6.45) is 5.67. The molecule has 1 aliphatic heterocycles. The summed E-state index contributed by atoms with van der Waals surface area (Å²) >= 11 is 1.48. The Kier molecular flexibility index (Phi) is 6.83. The molecule has 4 aromatic rings. The maximum Gasteiger partial charge on any atom is 0.257 e. The third-order valence-corrected chi connectivity index (χ3v) is 7.92. The van der Waals surface area contributed by atoms with Crippen molar-refractivity contribution in [3.05, 3.63) is 75.8 Å². The number of aryl methyl sites for hydroxylation is 2. The van der Waals surface area contributed by atoms with Crippen LogP contribution in [0.15, 0.2) is 48.7 Å². The van der Waals surface area contributed by atoms with Crippen LogP contribution < -0.4 is 5.32 Å². The number of carbonyl (C=O) groups is 2. The van der Waals surface area contributed by atoms with Gasteiger partial charge in [-0.05, 0) is 68.9 Å². The molecule has 4 heterocycles. The van der Waals surface area contributed by atoms with Gasteiger partial charge in [-0.15, -0.1) is 11.3 Å². The van der Waals surface area contributed by atoms with Crippen molar-refractivity contribution < 1.29 is 9.59 Å². The van der Waals surface area contributed by atoms with Gasteiger partial charge in [-0.25, -0.2) is 4.98 Å². The van der Waals surface area contributed by atoms with Gasteiger partial charge in [0.05, 0.1) is 28.0 Å². The number of para-hydroxylation sites is 1. The first-order valence-corrected chi connectivity index (χ1v) is 13.3. The number of hydrogen-bond donors (Lipinski definition) is 1. The maximum atomic E-state index is 13.8. The number of hydrogen-bond acceptors (Lipinski definition) is 5. The smallest absolute Gasteiger partial charge is 0.257 e. The first-order valence-electron chi connectivity index (χ1n) is 12.5. The minimum Gasteiger partial charge on any atom is -0.339 e. The Balaban J connectivity index is 1.58. The molecule has 0 aliphatic carbocycles. The summed E-state index contributed by atoms with van der Waals surface area (Å²) in [4.78, 5) is 39.7. The minimum atomic E-state index is -0.248. The molecule has 36 heavy (non-hydrogen) atoms. The van der Waals surface area contributed by atoms with E-state index in [1.54, 1.807) is 12.3 Å². The second kappa shape index (κ2) is 10.2. The molecule has 1 N–H and O–H groups in total. The van der Waals surface area contributed by atoms with E-state index in [0.717, 1.165) is 65.7 Å². The molecule has 5 rings (SSSR count). The summed E-state index contributed by atoms with van der Waals surface area (Å²) < 4.78 is 0. The average molecular weight is 499 g/mol. The Hall–Kier alpha value is -3.58. The summed E-state index contributed by atoms with van der Waals surface area (Å²) in [6.45, 7) is 7.62. The number of amides is 2. The van der Waals surface area contributed by atoms with E-state index in [9.17, 15) is 9.59 Å². The topological polar surface area (TPSA) is 75.2 Å². The Morgan fingerprint density at radius 3 is 2.56 bits per heavy atom. The van der Waals surface area contributed by atoms with Crippen LogP contribution in [0.3, 0.4) is 0 Å². The number of thiophene rings is 1. The number of carbonyl (C=O) groups excluding carboxylic acids is 2.